The molecule has 0 bridgehead atoms. The number of nitrogens with zero attached hydrogens (tertiary/aromatic N) is 2. The van der Waals surface area contributed by atoms with Gasteiger partial charge in [0.25, 0.3) is 11.5 Å². The van der Waals surface area contributed by atoms with E-state index in [9.17, 15) is 9.59 Å². The molecular formula is C22H21N3O5. The molecule has 1 aromatic heterocycles. The Bertz CT molecular complexity index is 1110. The molecule has 1 amide bonds. The Morgan fingerprint density at radius 3 is 2.70 bits per heavy atom. The predicted octanol–water partition coefficient (Wildman–Crippen LogP) is 2.47. The number of carbonyl (C=O) groups is 1. The summed E-state index contributed by atoms with van der Waals surface area (Å²) in [5, 5.41) is 2.79. The van der Waals surface area contributed by atoms with E-state index in [1.54, 1.807) is 18.2 Å². The molecule has 4 rings (SSSR count). The number of nitrogens with one attached hydrogen (secondary N) is 1. The molecule has 1 aliphatic heterocycles. The van der Waals surface area contributed by atoms with E-state index in [4.69, 9.17) is 14.2 Å². The number of carbonyl (C=O) groups excluding carboxylic acids is 1. The second kappa shape index (κ2) is 8.69. The summed E-state index contributed by atoms with van der Waals surface area (Å²) < 4.78 is 17.4. The van der Waals surface area contributed by atoms with Gasteiger partial charge in [0.1, 0.15) is 5.75 Å². The summed E-state index contributed by atoms with van der Waals surface area (Å²) in [6.07, 6.45) is 1.49. The van der Waals surface area contributed by atoms with E-state index in [0.29, 0.717) is 35.9 Å². The van der Waals surface area contributed by atoms with Gasteiger partial charge in [0.2, 0.25) is 6.79 Å². The fraction of sp³-hybridized carbons (Fsp3) is 0.227. The largest absolute Gasteiger partial charge is 0.494 e. The molecule has 0 unspecified atom stereocenters. The number of amides is 1. The molecule has 1 N–H and O–H groups in total. The van der Waals surface area contributed by atoms with Crippen molar-refractivity contribution in [3.63, 3.8) is 0 Å². The molecule has 154 valence electrons. The van der Waals surface area contributed by atoms with Crippen LogP contribution in [0.3, 0.4) is 0 Å². The third-order valence-corrected chi connectivity index (χ3v) is 4.61. The Morgan fingerprint density at radius 1 is 1.13 bits per heavy atom. The molecule has 3 aromatic rings. The van der Waals surface area contributed by atoms with Crippen molar-refractivity contribution in [3.8, 4) is 28.5 Å². The molecule has 2 heterocycles. The molecule has 0 radical (unpaired) electrons. The average Bonchev–Trinajstić information content (AvgIpc) is 3.23. The van der Waals surface area contributed by atoms with Crippen molar-refractivity contribution in [2.45, 2.75) is 13.5 Å². The maximum absolute atomic E-state index is 12.4. The molecule has 30 heavy (non-hydrogen) atoms. The Hall–Kier alpha value is -3.81. The van der Waals surface area contributed by atoms with Crippen LogP contribution in [0, 0.1) is 0 Å². The third-order valence-electron chi connectivity index (χ3n) is 4.61. The summed E-state index contributed by atoms with van der Waals surface area (Å²) in [6, 6.07) is 13.9. The van der Waals surface area contributed by atoms with Gasteiger partial charge in [-0.1, -0.05) is 0 Å². The first-order valence-electron chi connectivity index (χ1n) is 9.61. The number of hydrogen-bond donors (Lipinski definition) is 1. The highest BCUT2D eigenvalue weighted by Crippen LogP contribution is 2.32. The second-order valence-electron chi connectivity index (χ2n) is 6.59. The van der Waals surface area contributed by atoms with Crippen LogP contribution >= 0.6 is 0 Å². The van der Waals surface area contributed by atoms with Crippen molar-refractivity contribution in [1.29, 1.82) is 0 Å². The summed E-state index contributed by atoms with van der Waals surface area (Å²) in [5.41, 5.74) is 1.70. The zero-order chi connectivity index (χ0) is 20.9. The quantitative estimate of drug-likeness (QED) is 0.647. The number of fused-ring (bicyclic) bond motifs is 1. The Morgan fingerprint density at radius 2 is 1.93 bits per heavy atom. The summed E-state index contributed by atoms with van der Waals surface area (Å²) in [7, 11) is 0. The van der Waals surface area contributed by atoms with Gasteiger partial charge in [-0.25, -0.2) is 4.98 Å². The molecule has 0 atom stereocenters. The number of hydrogen-bond acceptors (Lipinski definition) is 6. The first kappa shape index (κ1) is 19.5. The maximum atomic E-state index is 12.4. The van der Waals surface area contributed by atoms with Gasteiger partial charge in [0.15, 0.2) is 11.5 Å². The number of rotatable bonds is 7. The lowest BCUT2D eigenvalue weighted by molar-refractivity contribution is 0.0951. The monoisotopic (exact) mass is 407 g/mol. The Balaban J connectivity index is 1.36. The first-order chi connectivity index (χ1) is 14.6. The van der Waals surface area contributed by atoms with Crippen LogP contribution in [0.4, 0.5) is 0 Å². The fourth-order valence-corrected chi connectivity index (χ4v) is 3.07. The van der Waals surface area contributed by atoms with Gasteiger partial charge in [0, 0.05) is 30.3 Å². The highest BCUT2D eigenvalue weighted by atomic mass is 16.7. The average molecular weight is 407 g/mol. The highest BCUT2D eigenvalue weighted by molar-refractivity contribution is 5.94. The Labute approximate surface area is 173 Å². The van der Waals surface area contributed by atoms with Gasteiger partial charge in [-0.3, -0.25) is 14.2 Å². The highest BCUT2D eigenvalue weighted by Gasteiger charge is 2.16. The lowest BCUT2D eigenvalue weighted by Crippen LogP contribution is -2.30. The van der Waals surface area contributed by atoms with Gasteiger partial charge in [0.05, 0.1) is 18.6 Å². The lowest BCUT2D eigenvalue weighted by Gasteiger charge is -2.09. The fourth-order valence-electron chi connectivity index (χ4n) is 3.07. The molecule has 0 saturated carbocycles. The van der Waals surface area contributed by atoms with Crippen molar-refractivity contribution in [1.82, 2.24) is 14.9 Å². The zero-order valence-corrected chi connectivity index (χ0v) is 16.5. The molecule has 0 aliphatic carbocycles. The smallest absolute Gasteiger partial charge is 0.253 e. The third kappa shape index (κ3) is 4.27. The van der Waals surface area contributed by atoms with Crippen LogP contribution in [0.25, 0.3) is 11.3 Å². The van der Waals surface area contributed by atoms with Crippen molar-refractivity contribution in [3.05, 3.63) is 70.8 Å². The molecule has 8 nitrogen and oxygen atoms in total. The van der Waals surface area contributed by atoms with E-state index >= 15 is 0 Å². The SMILES string of the molecule is CCOc1ccc(-c2cc(=O)n(CCNC(=O)c3ccc4c(c3)OCO4)cn2)cc1. The normalized spacial score (nSPS) is 11.9. The van der Waals surface area contributed by atoms with Crippen molar-refractivity contribution >= 4 is 5.91 Å². The van der Waals surface area contributed by atoms with Crippen LogP contribution in [0.15, 0.2) is 59.7 Å². The van der Waals surface area contributed by atoms with E-state index in [0.717, 1.165) is 11.3 Å². The van der Waals surface area contributed by atoms with Crippen LogP contribution in [0.2, 0.25) is 0 Å². The molecule has 0 spiro atoms. The van der Waals surface area contributed by atoms with E-state index in [-0.39, 0.29) is 24.8 Å². The zero-order valence-electron chi connectivity index (χ0n) is 16.5. The molecule has 8 heteroatoms. The molecule has 0 saturated heterocycles. The summed E-state index contributed by atoms with van der Waals surface area (Å²) in [6.45, 7) is 3.28. The topological polar surface area (TPSA) is 91.7 Å². The minimum Gasteiger partial charge on any atom is -0.494 e. The van der Waals surface area contributed by atoms with Gasteiger partial charge in [-0.2, -0.15) is 0 Å². The van der Waals surface area contributed by atoms with Crippen LogP contribution in [0.1, 0.15) is 17.3 Å². The first-order valence-corrected chi connectivity index (χ1v) is 9.61. The predicted molar refractivity (Wildman–Crippen MR) is 110 cm³/mol. The summed E-state index contributed by atoms with van der Waals surface area (Å²) in [5.74, 6) is 1.69. The van der Waals surface area contributed by atoms with Crippen molar-refractivity contribution in [2.75, 3.05) is 19.9 Å². The lowest BCUT2D eigenvalue weighted by atomic mass is 10.1. The standard InChI is InChI=1S/C22H21N3O5/c1-2-28-17-6-3-15(4-7-17)18-12-21(26)25(13-24-18)10-9-23-22(27)16-5-8-19-20(11-16)30-14-29-19/h3-8,11-13H,2,9-10,14H2,1H3,(H,23,27). The number of ether oxygens (including phenoxy) is 3. The van der Waals surface area contributed by atoms with E-state index in [1.807, 2.05) is 31.2 Å². The van der Waals surface area contributed by atoms with Crippen LogP contribution in [-0.2, 0) is 6.54 Å². The molecule has 2 aromatic carbocycles. The van der Waals surface area contributed by atoms with Gasteiger partial charge >= 0.3 is 0 Å². The van der Waals surface area contributed by atoms with E-state index in [1.165, 1.54) is 17.0 Å². The van der Waals surface area contributed by atoms with Gasteiger partial charge in [-0.05, 0) is 49.4 Å². The molecule has 0 fully saturated rings. The molecule has 1 aliphatic rings. The molecular weight excluding hydrogens is 386 g/mol. The van der Waals surface area contributed by atoms with Gasteiger partial charge < -0.3 is 19.5 Å². The number of benzene rings is 2. The van der Waals surface area contributed by atoms with E-state index in [2.05, 4.69) is 10.3 Å². The minimum absolute atomic E-state index is 0.156. The number of aromatic nitrogens is 2. The maximum Gasteiger partial charge on any atom is 0.253 e. The summed E-state index contributed by atoms with van der Waals surface area (Å²) in [4.78, 5) is 29.1. The van der Waals surface area contributed by atoms with E-state index < -0.39 is 0 Å². The van der Waals surface area contributed by atoms with Crippen LogP contribution in [0.5, 0.6) is 17.2 Å². The Kier molecular flexibility index (Phi) is 5.65. The van der Waals surface area contributed by atoms with Gasteiger partial charge in [-0.15, -0.1) is 0 Å². The van der Waals surface area contributed by atoms with Crippen molar-refractivity contribution in [2.24, 2.45) is 0 Å². The van der Waals surface area contributed by atoms with Crippen LogP contribution in [-0.4, -0.2) is 35.4 Å². The summed E-state index contributed by atoms with van der Waals surface area (Å²) >= 11 is 0. The van der Waals surface area contributed by atoms with Crippen LogP contribution < -0.4 is 25.1 Å². The minimum atomic E-state index is -0.250. The second-order valence-corrected chi connectivity index (χ2v) is 6.59. The van der Waals surface area contributed by atoms with Crippen molar-refractivity contribution < 1.29 is 19.0 Å².